The van der Waals surface area contributed by atoms with E-state index in [4.69, 9.17) is 5.11 Å². The first-order valence-corrected chi connectivity index (χ1v) is 6.60. The fourth-order valence-electron chi connectivity index (χ4n) is 1.89. The topological polar surface area (TPSA) is 79.3 Å². The minimum atomic E-state index is -1.06. The third-order valence-corrected chi connectivity index (χ3v) is 3.18. The molecule has 1 unspecified atom stereocenters. The Morgan fingerprint density at radius 1 is 1.19 bits per heavy atom. The summed E-state index contributed by atoms with van der Waals surface area (Å²) in [4.78, 5) is 26.5. The number of amides is 1. The van der Waals surface area contributed by atoms with Gasteiger partial charge in [0.2, 0.25) is 0 Å². The van der Waals surface area contributed by atoms with Gasteiger partial charge in [-0.1, -0.05) is 37.3 Å². The Bertz CT molecular complexity index is 624. The number of carbonyl (C=O) groups excluding carboxylic acids is 1. The minimum absolute atomic E-state index is 0.0594. The minimum Gasteiger partial charge on any atom is -0.478 e. The number of carboxylic acid groups (broad SMARTS) is 1. The predicted octanol–water partition coefficient (Wildman–Crippen LogP) is 2.31. The summed E-state index contributed by atoms with van der Waals surface area (Å²) in [6, 6.07) is 12.7. The number of rotatable bonds is 5. The average molecular weight is 284 g/mol. The summed E-state index contributed by atoms with van der Waals surface area (Å²) in [5.74, 6) is -1.18. The van der Waals surface area contributed by atoms with Crippen molar-refractivity contribution in [1.29, 1.82) is 0 Å². The molecule has 5 nitrogen and oxygen atoms in total. The third kappa shape index (κ3) is 3.89. The van der Waals surface area contributed by atoms with Gasteiger partial charge in [0.05, 0.1) is 5.56 Å². The van der Waals surface area contributed by atoms with Gasteiger partial charge in [-0.2, -0.15) is 0 Å². The lowest BCUT2D eigenvalue weighted by Gasteiger charge is -2.12. The molecule has 0 spiro atoms. The van der Waals surface area contributed by atoms with Gasteiger partial charge >= 0.3 is 5.97 Å². The summed E-state index contributed by atoms with van der Waals surface area (Å²) in [6.07, 6.45) is 1.18. The summed E-state index contributed by atoms with van der Waals surface area (Å²) < 4.78 is 0. The Morgan fingerprint density at radius 3 is 2.48 bits per heavy atom. The summed E-state index contributed by atoms with van der Waals surface area (Å²) in [5.41, 5.74) is 1.41. The zero-order chi connectivity index (χ0) is 15.2. The van der Waals surface area contributed by atoms with Crippen LogP contribution in [0.25, 0.3) is 0 Å². The van der Waals surface area contributed by atoms with Gasteiger partial charge in [0, 0.05) is 12.7 Å². The molecule has 21 heavy (non-hydrogen) atoms. The lowest BCUT2D eigenvalue weighted by molar-refractivity contribution is 0.0695. The van der Waals surface area contributed by atoms with Gasteiger partial charge in [-0.15, -0.1) is 0 Å². The summed E-state index contributed by atoms with van der Waals surface area (Å²) in [5, 5.41) is 11.6. The lowest BCUT2D eigenvalue weighted by Crippen LogP contribution is -2.28. The van der Waals surface area contributed by atoms with Crippen molar-refractivity contribution < 1.29 is 14.7 Å². The van der Waals surface area contributed by atoms with Crippen LogP contribution in [0.1, 0.15) is 39.3 Å². The molecule has 0 radical (unpaired) electrons. The maximum absolute atomic E-state index is 11.9. The first-order valence-electron chi connectivity index (χ1n) is 6.60. The molecule has 108 valence electrons. The SMILES string of the molecule is CC(CNC(=O)c1ccc(C(=O)O)cn1)c1ccccc1. The van der Waals surface area contributed by atoms with E-state index in [1.165, 1.54) is 18.3 Å². The first-order chi connectivity index (χ1) is 10.1. The molecule has 0 aliphatic heterocycles. The highest BCUT2D eigenvalue weighted by Crippen LogP contribution is 2.13. The van der Waals surface area contributed by atoms with E-state index in [-0.39, 0.29) is 23.1 Å². The van der Waals surface area contributed by atoms with E-state index >= 15 is 0 Å². The van der Waals surface area contributed by atoms with Crippen LogP contribution < -0.4 is 5.32 Å². The molecule has 0 saturated carbocycles. The number of nitrogens with one attached hydrogen (secondary N) is 1. The summed E-state index contributed by atoms with van der Waals surface area (Å²) >= 11 is 0. The highest BCUT2D eigenvalue weighted by Gasteiger charge is 2.11. The van der Waals surface area contributed by atoms with E-state index in [1.54, 1.807) is 0 Å². The normalized spacial score (nSPS) is 11.7. The highest BCUT2D eigenvalue weighted by atomic mass is 16.4. The fraction of sp³-hybridized carbons (Fsp3) is 0.188. The molecule has 0 bridgehead atoms. The number of nitrogens with zero attached hydrogens (tertiary/aromatic N) is 1. The average Bonchev–Trinajstić information content (AvgIpc) is 2.53. The summed E-state index contributed by atoms with van der Waals surface area (Å²) in [6.45, 7) is 2.52. The fourth-order valence-corrected chi connectivity index (χ4v) is 1.89. The predicted molar refractivity (Wildman–Crippen MR) is 78.4 cm³/mol. The number of carbonyl (C=O) groups is 2. The number of hydrogen-bond acceptors (Lipinski definition) is 3. The largest absolute Gasteiger partial charge is 0.478 e. The molecule has 0 aliphatic carbocycles. The second-order valence-electron chi connectivity index (χ2n) is 4.76. The van der Waals surface area contributed by atoms with E-state index in [9.17, 15) is 9.59 Å². The number of hydrogen-bond donors (Lipinski definition) is 2. The maximum atomic E-state index is 11.9. The van der Waals surface area contributed by atoms with Crippen LogP contribution in [0.4, 0.5) is 0 Å². The molecular weight excluding hydrogens is 268 g/mol. The van der Waals surface area contributed by atoms with Gasteiger partial charge in [-0.25, -0.2) is 4.79 Å². The molecule has 0 fully saturated rings. The number of pyridine rings is 1. The molecule has 0 aliphatic rings. The molecule has 5 heteroatoms. The Morgan fingerprint density at radius 2 is 1.90 bits per heavy atom. The third-order valence-electron chi connectivity index (χ3n) is 3.18. The Labute approximate surface area is 122 Å². The molecule has 1 heterocycles. The lowest BCUT2D eigenvalue weighted by atomic mass is 10.0. The maximum Gasteiger partial charge on any atom is 0.337 e. The molecule has 1 amide bonds. The molecule has 1 aromatic carbocycles. The van der Waals surface area contributed by atoms with Gasteiger partial charge in [-0.05, 0) is 23.6 Å². The van der Waals surface area contributed by atoms with Gasteiger partial charge < -0.3 is 10.4 Å². The van der Waals surface area contributed by atoms with Crippen molar-refractivity contribution in [3.8, 4) is 0 Å². The van der Waals surface area contributed by atoms with Gasteiger partial charge in [0.25, 0.3) is 5.91 Å². The highest BCUT2D eigenvalue weighted by molar-refractivity contribution is 5.93. The summed E-state index contributed by atoms with van der Waals surface area (Å²) in [7, 11) is 0. The van der Waals surface area contributed by atoms with Crippen molar-refractivity contribution >= 4 is 11.9 Å². The van der Waals surface area contributed by atoms with E-state index < -0.39 is 5.97 Å². The Balaban J connectivity index is 1.94. The van der Waals surface area contributed by atoms with E-state index in [0.717, 1.165) is 5.56 Å². The molecular formula is C16H16N2O3. The Hall–Kier alpha value is -2.69. The smallest absolute Gasteiger partial charge is 0.337 e. The van der Waals surface area contributed by atoms with Crippen molar-refractivity contribution in [2.45, 2.75) is 12.8 Å². The van der Waals surface area contributed by atoms with E-state index in [0.29, 0.717) is 6.54 Å². The second-order valence-corrected chi connectivity index (χ2v) is 4.76. The van der Waals surface area contributed by atoms with Crippen molar-refractivity contribution in [2.75, 3.05) is 6.54 Å². The van der Waals surface area contributed by atoms with Crippen molar-refractivity contribution in [3.63, 3.8) is 0 Å². The monoisotopic (exact) mass is 284 g/mol. The van der Waals surface area contributed by atoms with Crippen LogP contribution in [0.3, 0.4) is 0 Å². The molecule has 2 N–H and O–H groups in total. The van der Waals surface area contributed by atoms with Crippen molar-refractivity contribution in [1.82, 2.24) is 10.3 Å². The number of carboxylic acids is 1. The van der Waals surface area contributed by atoms with Crippen LogP contribution in [-0.4, -0.2) is 28.5 Å². The first kappa shape index (κ1) is 14.7. The molecule has 1 aromatic heterocycles. The molecule has 2 aromatic rings. The Kier molecular flexibility index (Phi) is 4.66. The van der Waals surface area contributed by atoms with Crippen LogP contribution >= 0.6 is 0 Å². The van der Waals surface area contributed by atoms with Crippen LogP contribution in [0, 0.1) is 0 Å². The number of aromatic nitrogens is 1. The van der Waals surface area contributed by atoms with Gasteiger partial charge in [-0.3, -0.25) is 9.78 Å². The van der Waals surface area contributed by atoms with Crippen molar-refractivity contribution in [3.05, 3.63) is 65.5 Å². The van der Waals surface area contributed by atoms with Crippen molar-refractivity contribution in [2.24, 2.45) is 0 Å². The number of aromatic carboxylic acids is 1. The molecule has 1 atom stereocenters. The van der Waals surface area contributed by atoms with Crippen LogP contribution in [-0.2, 0) is 0 Å². The zero-order valence-electron chi connectivity index (χ0n) is 11.6. The number of benzene rings is 1. The van der Waals surface area contributed by atoms with E-state index in [2.05, 4.69) is 10.3 Å². The van der Waals surface area contributed by atoms with E-state index in [1.807, 2.05) is 37.3 Å². The molecule has 0 saturated heterocycles. The van der Waals surface area contributed by atoms with Gasteiger partial charge in [0.1, 0.15) is 5.69 Å². The zero-order valence-corrected chi connectivity index (χ0v) is 11.6. The second kappa shape index (κ2) is 6.65. The standard InChI is InChI=1S/C16H16N2O3/c1-11(12-5-3-2-4-6-12)9-18-15(19)14-8-7-13(10-17-14)16(20)21/h2-8,10-11H,9H2,1H3,(H,18,19)(H,20,21). The van der Waals surface area contributed by atoms with Crippen LogP contribution in [0.5, 0.6) is 0 Å². The van der Waals surface area contributed by atoms with Crippen LogP contribution in [0.2, 0.25) is 0 Å². The van der Waals surface area contributed by atoms with Gasteiger partial charge in [0.15, 0.2) is 0 Å². The van der Waals surface area contributed by atoms with Crippen LogP contribution in [0.15, 0.2) is 48.7 Å². The molecule has 2 rings (SSSR count). The quantitative estimate of drug-likeness (QED) is 0.883.